The molecule has 2 aromatic rings. The molecule has 1 aliphatic heterocycles. The molecule has 0 saturated carbocycles. The molecule has 3 rings (SSSR count). The van der Waals surface area contributed by atoms with E-state index in [2.05, 4.69) is 10.3 Å². The number of aliphatic hydroxyl groups excluding tert-OH is 2. The SMILES string of the molecule is Cc1cn([C@@H]2C[C@H](O)[C@H](CO)O2)c(=O)n(Cc2cn(CCF)nn2)c1=O. The number of alkyl halides is 1. The Morgan fingerprint density at radius 3 is 2.81 bits per heavy atom. The average molecular weight is 369 g/mol. The van der Waals surface area contributed by atoms with Crippen LogP contribution in [-0.2, 0) is 17.8 Å². The van der Waals surface area contributed by atoms with Crippen LogP contribution in [0.3, 0.4) is 0 Å². The highest BCUT2D eigenvalue weighted by molar-refractivity contribution is 5.06. The van der Waals surface area contributed by atoms with E-state index >= 15 is 0 Å². The molecule has 0 unspecified atom stereocenters. The van der Waals surface area contributed by atoms with E-state index in [0.29, 0.717) is 11.3 Å². The molecule has 10 nitrogen and oxygen atoms in total. The van der Waals surface area contributed by atoms with Gasteiger partial charge in [0, 0.05) is 18.2 Å². The molecule has 3 heterocycles. The van der Waals surface area contributed by atoms with E-state index in [1.54, 1.807) is 6.92 Å². The fourth-order valence-corrected chi connectivity index (χ4v) is 2.92. The van der Waals surface area contributed by atoms with Crippen LogP contribution in [0.1, 0.15) is 23.9 Å². The first-order valence-electron chi connectivity index (χ1n) is 8.16. The molecule has 1 saturated heterocycles. The normalized spacial score (nSPS) is 22.8. The van der Waals surface area contributed by atoms with Gasteiger partial charge in [-0.1, -0.05) is 5.21 Å². The van der Waals surface area contributed by atoms with Crippen LogP contribution in [0.15, 0.2) is 22.0 Å². The maximum absolute atomic E-state index is 12.8. The third-order valence-corrected chi connectivity index (χ3v) is 4.28. The Kier molecular flexibility index (Phi) is 5.30. The summed E-state index contributed by atoms with van der Waals surface area (Å²) in [6, 6.07) is 0. The van der Waals surface area contributed by atoms with E-state index < -0.39 is 36.4 Å². The molecule has 1 aliphatic rings. The molecular formula is C15H20FN5O5. The molecule has 3 atom stereocenters. The van der Waals surface area contributed by atoms with Gasteiger partial charge in [-0.25, -0.2) is 13.9 Å². The van der Waals surface area contributed by atoms with Gasteiger partial charge in [0.25, 0.3) is 5.56 Å². The second kappa shape index (κ2) is 7.48. The Labute approximate surface area is 147 Å². The summed E-state index contributed by atoms with van der Waals surface area (Å²) in [5.74, 6) is 0. The lowest BCUT2D eigenvalue weighted by Crippen LogP contribution is -2.42. The third-order valence-electron chi connectivity index (χ3n) is 4.28. The zero-order chi connectivity index (χ0) is 18.8. The Morgan fingerprint density at radius 1 is 1.38 bits per heavy atom. The second-order valence-corrected chi connectivity index (χ2v) is 6.17. The van der Waals surface area contributed by atoms with E-state index in [-0.39, 0.29) is 26.1 Å². The molecular weight excluding hydrogens is 349 g/mol. The standard InChI is InChI=1S/C15H20FN5O5/c1-9-5-20(13-4-11(23)12(8-22)26-13)15(25)21(14(9)24)7-10-6-19(3-2-16)18-17-10/h5-6,11-13,22-23H,2-4,7-8H2,1H3/t11-,12-,13-/m0/s1. The minimum Gasteiger partial charge on any atom is -0.394 e. The van der Waals surface area contributed by atoms with Gasteiger partial charge in [0.05, 0.1) is 32.0 Å². The van der Waals surface area contributed by atoms with Crippen LogP contribution in [0.25, 0.3) is 0 Å². The summed E-state index contributed by atoms with van der Waals surface area (Å²) < 4.78 is 21.4. The number of ether oxygens (including phenoxy) is 1. The number of hydrogen-bond acceptors (Lipinski definition) is 7. The second-order valence-electron chi connectivity index (χ2n) is 6.17. The van der Waals surface area contributed by atoms with Crippen molar-refractivity contribution in [3.63, 3.8) is 0 Å². The Morgan fingerprint density at radius 2 is 2.15 bits per heavy atom. The number of rotatable bonds is 6. The lowest BCUT2D eigenvalue weighted by atomic mass is 10.2. The van der Waals surface area contributed by atoms with Gasteiger partial charge < -0.3 is 14.9 Å². The van der Waals surface area contributed by atoms with E-state index in [1.165, 1.54) is 21.6 Å². The number of hydrogen-bond donors (Lipinski definition) is 2. The van der Waals surface area contributed by atoms with Gasteiger partial charge in [-0.2, -0.15) is 0 Å². The smallest absolute Gasteiger partial charge is 0.333 e. The van der Waals surface area contributed by atoms with Crippen molar-refractivity contribution >= 4 is 0 Å². The van der Waals surface area contributed by atoms with Crippen molar-refractivity contribution in [1.82, 2.24) is 24.1 Å². The maximum Gasteiger partial charge on any atom is 0.333 e. The minimum atomic E-state index is -0.904. The van der Waals surface area contributed by atoms with Gasteiger partial charge in [-0.05, 0) is 6.92 Å². The van der Waals surface area contributed by atoms with Crippen molar-refractivity contribution in [2.45, 2.75) is 44.9 Å². The fourth-order valence-electron chi connectivity index (χ4n) is 2.92. The van der Waals surface area contributed by atoms with Crippen LogP contribution in [-0.4, -0.2) is 59.8 Å². The zero-order valence-electron chi connectivity index (χ0n) is 14.2. The van der Waals surface area contributed by atoms with Gasteiger partial charge in [-0.15, -0.1) is 5.10 Å². The molecule has 11 heteroatoms. The molecule has 0 aromatic carbocycles. The van der Waals surface area contributed by atoms with Crippen LogP contribution < -0.4 is 11.2 Å². The number of nitrogens with zero attached hydrogens (tertiary/aromatic N) is 5. The summed E-state index contributed by atoms with van der Waals surface area (Å²) in [5, 5.41) is 26.6. The molecule has 0 radical (unpaired) electrons. The van der Waals surface area contributed by atoms with E-state index in [9.17, 15) is 24.2 Å². The van der Waals surface area contributed by atoms with Crippen molar-refractivity contribution in [2.75, 3.05) is 13.3 Å². The van der Waals surface area contributed by atoms with Gasteiger partial charge in [0.15, 0.2) is 0 Å². The molecule has 2 N–H and O–H groups in total. The Bertz CT molecular complexity index is 891. The van der Waals surface area contributed by atoms with Crippen molar-refractivity contribution in [3.8, 4) is 0 Å². The molecule has 26 heavy (non-hydrogen) atoms. The van der Waals surface area contributed by atoms with Crippen molar-refractivity contribution in [3.05, 3.63) is 44.5 Å². The van der Waals surface area contributed by atoms with Gasteiger partial charge >= 0.3 is 5.69 Å². The van der Waals surface area contributed by atoms with Gasteiger partial charge in [0.2, 0.25) is 0 Å². The van der Waals surface area contributed by atoms with Crippen molar-refractivity contribution in [1.29, 1.82) is 0 Å². The molecule has 0 spiro atoms. The van der Waals surface area contributed by atoms with Crippen LogP contribution in [0.2, 0.25) is 0 Å². The van der Waals surface area contributed by atoms with Crippen LogP contribution in [0, 0.1) is 6.92 Å². The van der Waals surface area contributed by atoms with Crippen LogP contribution in [0.4, 0.5) is 4.39 Å². The molecule has 142 valence electrons. The van der Waals surface area contributed by atoms with E-state index in [1.807, 2.05) is 0 Å². The third kappa shape index (κ3) is 3.45. The quantitative estimate of drug-likeness (QED) is 0.639. The lowest BCUT2D eigenvalue weighted by Gasteiger charge is -2.17. The summed E-state index contributed by atoms with van der Waals surface area (Å²) in [7, 11) is 0. The van der Waals surface area contributed by atoms with Crippen LogP contribution >= 0.6 is 0 Å². The van der Waals surface area contributed by atoms with Crippen molar-refractivity contribution in [2.24, 2.45) is 0 Å². The molecule has 0 bridgehead atoms. The summed E-state index contributed by atoms with van der Waals surface area (Å²) in [6.45, 7) is 0.500. The molecule has 1 fully saturated rings. The predicted octanol–water partition coefficient (Wildman–Crippen LogP) is -1.43. The topological polar surface area (TPSA) is 124 Å². The zero-order valence-corrected chi connectivity index (χ0v) is 14.2. The number of halogens is 1. The van der Waals surface area contributed by atoms with E-state index in [4.69, 9.17) is 4.74 Å². The fraction of sp³-hybridized carbons (Fsp3) is 0.600. The maximum atomic E-state index is 12.8. The summed E-state index contributed by atoms with van der Waals surface area (Å²) in [6.07, 6.45) is 0.484. The summed E-state index contributed by atoms with van der Waals surface area (Å²) >= 11 is 0. The molecule has 0 amide bonds. The number of aryl methyl sites for hydroxylation is 2. The van der Waals surface area contributed by atoms with Crippen LogP contribution in [0.5, 0.6) is 0 Å². The van der Waals surface area contributed by atoms with Gasteiger partial charge in [0.1, 0.15) is 24.7 Å². The first-order valence-corrected chi connectivity index (χ1v) is 8.16. The molecule has 2 aromatic heterocycles. The van der Waals surface area contributed by atoms with E-state index in [0.717, 1.165) is 4.57 Å². The summed E-state index contributed by atoms with van der Waals surface area (Å²) in [4.78, 5) is 25.1. The highest BCUT2D eigenvalue weighted by Crippen LogP contribution is 2.27. The first kappa shape index (κ1) is 18.4. The number of aromatic nitrogens is 5. The Hall–Kier alpha value is -2.37. The van der Waals surface area contributed by atoms with Crippen molar-refractivity contribution < 1.29 is 19.3 Å². The lowest BCUT2D eigenvalue weighted by molar-refractivity contribution is -0.0463. The summed E-state index contributed by atoms with van der Waals surface area (Å²) in [5.41, 5.74) is -0.457. The average Bonchev–Trinajstić information content (AvgIpc) is 3.21. The minimum absolute atomic E-state index is 0.0380. The van der Waals surface area contributed by atoms with Gasteiger partial charge in [-0.3, -0.25) is 13.9 Å². The Balaban J connectivity index is 1.94. The first-order chi connectivity index (χ1) is 12.4. The largest absolute Gasteiger partial charge is 0.394 e. The monoisotopic (exact) mass is 369 g/mol. The number of aliphatic hydroxyl groups is 2. The highest BCUT2D eigenvalue weighted by Gasteiger charge is 2.35. The molecule has 0 aliphatic carbocycles. The highest BCUT2D eigenvalue weighted by atomic mass is 19.1. The predicted molar refractivity (Wildman–Crippen MR) is 86.4 cm³/mol.